The number of nitrogens with one attached hydrogen (secondary N) is 1. The van der Waals surface area contributed by atoms with Crippen LogP contribution in [0.15, 0.2) is 40.0 Å². The van der Waals surface area contributed by atoms with Crippen LogP contribution in [0.3, 0.4) is 0 Å². The summed E-state index contributed by atoms with van der Waals surface area (Å²) in [5.41, 5.74) is 1.07. The van der Waals surface area contributed by atoms with Gasteiger partial charge >= 0.3 is 6.03 Å². The summed E-state index contributed by atoms with van der Waals surface area (Å²) in [7, 11) is 0. The minimum Gasteiger partial charge on any atom is -0.416 e. The normalized spacial score (nSPS) is 15.5. The van der Waals surface area contributed by atoms with E-state index in [1.54, 1.807) is 6.92 Å². The molecule has 23 heavy (non-hydrogen) atoms. The van der Waals surface area contributed by atoms with Gasteiger partial charge < -0.3 is 9.73 Å². The molecule has 1 N–H and O–H groups in total. The third-order valence-corrected chi connectivity index (χ3v) is 4.32. The maximum Gasteiger partial charge on any atom is 0.324 e. The van der Waals surface area contributed by atoms with Gasteiger partial charge in [-0.1, -0.05) is 42.1 Å². The second kappa shape index (κ2) is 6.82. The number of benzene rings is 1. The second-order valence-electron chi connectivity index (χ2n) is 5.11. The van der Waals surface area contributed by atoms with E-state index in [0.717, 1.165) is 17.3 Å². The van der Waals surface area contributed by atoms with Crippen LogP contribution in [0.5, 0.6) is 0 Å². The molecule has 120 valence electrons. The summed E-state index contributed by atoms with van der Waals surface area (Å²) in [4.78, 5) is 24.9. The predicted octanol–water partition coefficient (Wildman–Crippen LogP) is 1.69. The molecule has 7 nitrogen and oxygen atoms in total. The molecular weight excluding hydrogens is 316 g/mol. The van der Waals surface area contributed by atoms with Gasteiger partial charge in [0.2, 0.25) is 11.8 Å². The molecule has 0 bridgehead atoms. The Kier molecular flexibility index (Phi) is 4.61. The fourth-order valence-corrected chi connectivity index (χ4v) is 2.99. The smallest absolute Gasteiger partial charge is 0.324 e. The average Bonchev–Trinajstić information content (AvgIpc) is 3.16. The lowest BCUT2D eigenvalue weighted by atomic mass is 10.2. The summed E-state index contributed by atoms with van der Waals surface area (Å²) in [6, 6.07) is 9.45. The van der Waals surface area contributed by atoms with Gasteiger partial charge in [0.05, 0.1) is 11.7 Å². The van der Waals surface area contributed by atoms with Crippen LogP contribution in [0.4, 0.5) is 4.79 Å². The van der Waals surface area contributed by atoms with Crippen LogP contribution in [-0.2, 0) is 11.2 Å². The van der Waals surface area contributed by atoms with Gasteiger partial charge in [0.25, 0.3) is 5.22 Å². The lowest BCUT2D eigenvalue weighted by Crippen LogP contribution is -2.38. The van der Waals surface area contributed by atoms with Gasteiger partial charge in [-0.3, -0.25) is 9.69 Å². The van der Waals surface area contributed by atoms with Gasteiger partial charge in [-0.2, -0.15) is 0 Å². The van der Waals surface area contributed by atoms with Crippen LogP contribution < -0.4 is 5.32 Å². The van der Waals surface area contributed by atoms with E-state index >= 15 is 0 Å². The van der Waals surface area contributed by atoms with Gasteiger partial charge in [-0.25, -0.2) is 4.79 Å². The minimum atomic E-state index is -0.469. The molecule has 1 saturated heterocycles. The minimum absolute atomic E-state index is 0.257. The summed E-state index contributed by atoms with van der Waals surface area (Å²) in [5.74, 6) is 0.241. The monoisotopic (exact) mass is 332 g/mol. The highest BCUT2D eigenvalue weighted by atomic mass is 32.2. The lowest BCUT2D eigenvalue weighted by Gasteiger charge is -2.15. The fourth-order valence-electron chi connectivity index (χ4n) is 2.23. The van der Waals surface area contributed by atoms with E-state index in [0.29, 0.717) is 30.6 Å². The maximum atomic E-state index is 12.2. The van der Waals surface area contributed by atoms with Gasteiger partial charge in [0, 0.05) is 13.1 Å². The highest BCUT2D eigenvalue weighted by molar-refractivity contribution is 8.00. The van der Waals surface area contributed by atoms with E-state index in [2.05, 4.69) is 15.5 Å². The first-order valence-corrected chi connectivity index (χ1v) is 8.13. The van der Waals surface area contributed by atoms with Crippen LogP contribution in [0.25, 0.3) is 0 Å². The lowest BCUT2D eigenvalue weighted by molar-refractivity contribution is -0.126. The van der Waals surface area contributed by atoms with Crippen LogP contribution in [0.1, 0.15) is 18.4 Å². The standard InChI is InChI=1S/C15H16N4O3S/c1-10(13(20)19-8-7-16-14(19)21)23-15-18-17-12(22-15)9-11-5-3-2-4-6-11/h2-6,10H,7-9H2,1H3,(H,16,21)/t10-/m0/s1. The number of thioether (sulfide) groups is 1. The topological polar surface area (TPSA) is 88.3 Å². The number of nitrogens with zero attached hydrogens (tertiary/aromatic N) is 3. The van der Waals surface area contributed by atoms with Crippen molar-refractivity contribution in [2.24, 2.45) is 0 Å². The summed E-state index contributed by atoms with van der Waals surface area (Å²) in [6.07, 6.45) is 0.547. The number of carbonyl (C=O) groups is 2. The zero-order valence-electron chi connectivity index (χ0n) is 12.6. The molecule has 1 aromatic heterocycles. The predicted molar refractivity (Wildman–Crippen MR) is 84.0 cm³/mol. The zero-order chi connectivity index (χ0) is 16.2. The third-order valence-electron chi connectivity index (χ3n) is 3.39. The van der Waals surface area contributed by atoms with Crippen molar-refractivity contribution in [3.63, 3.8) is 0 Å². The molecule has 2 aromatic rings. The van der Waals surface area contributed by atoms with Crippen molar-refractivity contribution in [3.05, 3.63) is 41.8 Å². The summed E-state index contributed by atoms with van der Waals surface area (Å²) in [6.45, 7) is 2.61. The molecule has 3 amide bonds. The van der Waals surface area contributed by atoms with Gasteiger partial charge in [0.15, 0.2) is 0 Å². The van der Waals surface area contributed by atoms with Gasteiger partial charge in [-0.05, 0) is 12.5 Å². The van der Waals surface area contributed by atoms with Gasteiger partial charge in [-0.15, -0.1) is 10.2 Å². The average molecular weight is 332 g/mol. The van der Waals surface area contributed by atoms with Crippen LogP contribution in [0, 0.1) is 0 Å². The first-order valence-electron chi connectivity index (χ1n) is 7.25. The number of hydrogen-bond acceptors (Lipinski definition) is 6. The molecule has 1 fully saturated rings. The molecule has 0 radical (unpaired) electrons. The van der Waals surface area contributed by atoms with Crippen LogP contribution in [-0.4, -0.2) is 45.4 Å². The van der Waals surface area contributed by atoms with E-state index in [1.807, 2.05) is 30.3 Å². The Labute approximate surface area is 137 Å². The Balaban J connectivity index is 1.60. The molecule has 0 spiro atoms. The summed E-state index contributed by atoms with van der Waals surface area (Å²) < 4.78 is 5.57. The Morgan fingerprint density at radius 1 is 1.39 bits per heavy atom. The number of carbonyl (C=O) groups excluding carboxylic acids is 2. The Bertz CT molecular complexity index is 704. The van der Waals surface area contributed by atoms with Crippen molar-refractivity contribution in [3.8, 4) is 0 Å². The number of imide groups is 1. The molecule has 0 unspecified atom stereocenters. The van der Waals surface area contributed by atoms with Crippen LogP contribution in [0.2, 0.25) is 0 Å². The number of amides is 3. The molecule has 8 heteroatoms. The SMILES string of the molecule is C[C@H](Sc1nnc(Cc2ccccc2)o1)C(=O)N1CCNC1=O. The molecule has 0 aliphatic carbocycles. The Hall–Kier alpha value is -2.35. The fraction of sp³-hybridized carbons (Fsp3) is 0.333. The maximum absolute atomic E-state index is 12.2. The Morgan fingerprint density at radius 3 is 2.87 bits per heavy atom. The molecule has 1 atom stereocenters. The van der Waals surface area contributed by atoms with E-state index in [4.69, 9.17) is 4.42 Å². The van der Waals surface area contributed by atoms with Crippen molar-refractivity contribution in [1.29, 1.82) is 0 Å². The number of rotatable bonds is 5. The van der Waals surface area contributed by atoms with E-state index in [1.165, 1.54) is 4.90 Å². The zero-order valence-corrected chi connectivity index (χ0v) is 13.4. The molecule has 1 aromatic carbocycles. The quantitative estimate of drug-likeness (QED) is 0.838. The second-order valence-corrected chi connectivity index (χ2v) is 6.40. The molecule has 0 saturated carbocycles. The highest BCUT2D eigenvalue weighted by Crippen LogP contribution is 2.24. The largest absolute Gasteiger partial charge is 0.416 e. The number of hydrogen-bond donors (Lipinski definition) is 1. The van der Waals surface area contributed by atoms with Crippen molar-refractivity contribution >= 4 is 23.7 Å². The van der Waals surface area contributed by atoms with E-state index in [-0.39, 0.29) is 11.9 Å². The summed E-state index contributed by atoms with van der Waals surface area (Å²) >= 11 is 1.16. The molecule has 2 heterocycles. The molecular formula is C15H16N4O3S. The van der Waals surface area contributed by atoms with Gasteiger partial charge in [0.1, 0.15) is 0 Å². The van der Waals surface area contributed by atoms with E-state index in [9.17, 15) is 9.59 Å². The first kappa shape index (κ1) is 15.5. The highest BCUT2D eigenvalue weighted by Gasteiger charge is 2.31. The number of urea groups is 1. The van der Waals surface area contributed by atoms with Crippen molar-refractivity contribution in [2.45, 2.75) is 23.8 Å². The molecule has 1 aliphatic heterocycles. The molecule has 3 rings (SSSR count). The molecule has 1 aliphatic rings. The van der Waals surface area contributed by atoms with Crippen LogP contribution >= 0.6 is 11.8 Å². The third kappa shape index (κ3) is 3.70. The van der Waals surface area contributed by atoms with Crippen molar-refractivity contribution in [1.82, 2.24) is 20.4 Å². The van der Waals surface area contributed by atoms with Crippen molar-refractivity contribution in [2.75, 3.05) is 13.1 Å². The number of aromatic nitrogens is 2. The van der Waals surface area contributed by atoms with Crippen molar-refractivity contribution < 1.29 is 14.0 Å². The van der Waals surface area contributed by atoms with E-state index < -0.39 is 5.25 Å². The Morgan fingerprint density at radius 2 is 2.17 bits per heavy atom. The summed E-state index contributed by atoms with van der Waals surface area (Å²) in [5, 5.41) is 10.4. The first-order chi connectivity index (χ1) is 11.1.